The van der Waals surface area contributed by atoms with Crippen LogP contribution in [0.3, 0.4) is 0 Å². The Morgan fingerprint density at radius 2 is 2.11 bits per heavy atom. The van der Waals surface area contributed by atoms with Crippen molar-refractivity contribution in [1.82, 2.24) is 24.4 Å². The van der Waals surface area contributed by atoms with Crippen molar-refractivity contribution in [2.24, 2.45) is 0 Å². The van der Waals surface area contributed by atoms with Crippen molar-refractivity contribution < 1.29 is 24.5 Å². The highest BCUT2D eigenvalue weighted by molar-refractivity contribution is 5.70. The van der Waals surface area contributed by atoms with Crippen molar-refractivity contribution in [3.63, 3.8) is 0 Å². The number of nitrogens with one attached hydrogen (secondary N) is 1. The lowest BCUT2D eigenvalue weighted by Gasteiger charge is -2.20. The number of imidazole rings is 1. The maximum atomic E-state index is 11.9. The Balaban J connectivity index is 1.77. The number of amides is 1. The van der Waals surface area contributed by atoms with Crippen molar-refractivity contribution in [1.29, 1.82) is 0 Å². The first-order valence-corrected chi connectivity index (χ1v) is 8.53. The first-order valence-electron chi connectivity index (χ1n) is 8.53. The van der Waals surface area contributed by atoms with E-state index in [1.165, 1.54) is 15.8 Å². The highest BCUT2D eigenvalue weighted by Crippen LogP contribution is 2.31. The standard InChI is InChI=1S/C15H22N6O6/c1-3-20(4-2)15(25)26-5-7-9(22)10(23)13(27-7)21-6-17-8-11(21)18-14(16)19-12(8)24/h6-7,9-10,13,22-23H,3-5H2,1-2H3,(H3,16,18,19,24)/t7-,9-,10-,13-/m1/s1. The van der Waals surface area contributed by atoms with E-state index in [1.807, 2.05) is 13.8 Å². The van der Waals surface area contributed by atoms with Gasteiger partial charge >= 0.3 is 6.09 Å². The molecule has 12 nitrogen and oxygen atoms in total. The monoisotopic (exact) mass is 382 g/mol. The summed E-state index contributed by atoms with van der Waals surface area (Å²) in [5.41, 5.74) is 5.14. The Morgan fingerprint density at radius 1 is 1.41 bits per heavy atom. The summed E-state index contributed by atoms with van der Waals surface area (Å²) in [6.45, 7) is 4.35. The van der Waals surface area contributed by atoms with Gasteiger partial charge in [0.05, 0.1) is 6.33 Å². The second kappa shape index (κ2) is 7.50. The molecule has 0 spiro atoms. The lowest BCUT2D eigenvalue weighted by Crippen LogP contribution is -2.37. The van der Waals surface area contributed by atoms with Gasteiger partial charge in [0.1, 0.15) is 24.9 Å². The number of nitrogens with two attached hydrogens (primary N) is 1. The molecule has 27 heavy (non-hydrogen) atoms. The van der Waals surface area contributed by atoms with Crippen LogP contribution in [0, 0.1) is 0 Å². The maximum absolute atomic E-state index is 11.9. The van der Waals surface area contributed by atoms with Crippen LogP contribution in [0.25, 0.3) is 11.2 Å². The molecule has 0 aromatic carbocycles. The van der Waals surface area contributed by atoms with Crippen molar-refractivity contribution in [2.45, 2.75) is 38.4 Å². The Bertz CT molecular complexity index is 877. The van der Waals surface area contributed by atoms with E-state index in [9.17, 15) is 19.8 Å². The van der Waals surface area contributed by atoms with Gasteiger partial charge < -0.3 is 30.3 Å². The van der Waals surface area contributed by atoms with E-state index in [-0.39, 0.29) is 23.7 Å². The third-order valence-corrected chi connectivity index (χ3v) is 4.45. The van der Waals surface area contributed by atoms with Gasteiger partial charge in [0.2, 0.25) is 5.95 Å². The topological polar surface area (TPSA) is 169 Å². The van der Waals surface area contributed by atoms with Gasteiger partial charge in [-0.1, -0.05) is 0 Å². The molecule has 1 amide bonds. The summed E-state index contributed by atoms with van der Waals surface area (Å²) in [6, 6.07) is 0. The predicted octanol–water partition coefficient (Wildman–Crippen LogP) is -1.20. The summed E-state index contributed by atoms with van der Waals surface area (Å²) in [4.78, 5) is 35.5. The fourth-order valence-electron chi connectivity index (χ4n) is 2.95. The molecule has 0 aliphatic carbocycles. The van der Waals surface area contributed by atoms with E-state index in [2.05, 4.69) is 15.0 Å². The third-order valence-electron chi connectivity index (χ3n) is 4.45. The smallest absolute Gasteiger partial charge is 0.409 e. The fourth-order valence-corrected chi connectivity index (χ4v) is 2.95. The first kappa shape index (κ1) is 19.1. The number of rotatable bonds is 5. The van der Waals surface area contributed by atoms with Crippen molar-refractivity contribution in [3.8, 4) is 0 Å². The average Bonchev–Trinajstić information content (AvgIpc) is 3.16. The number of hydrogen-bond donors (Lipinski definition) is 4. The molecule has 4 atom stereocenters. The molecule has 2 aromatic heterocycles. The van der Waals surface area contributed by atoms with Gasteiger partial charge in [0.25, 0.3) is 5.56 Å². The number of aliphatic hydroxyl groups is 2. The summed E-state index contributed by atoms with van der Waals surface area (Å²) >= 11 is 0. The van der Waals surface area contributed by atoms with Crippen LogP contribution in [-0.4, -0.2) is 78.7 Å². The SMILES string of the molecule is CCN(CC)C(=O)OC[C@H]1O[C@@H](n2cnc3c(=O)[nH]c(N)nc32)[C@H](O)[C@@H]1O. The van der Waals surface area contributed by atoms with E-state index in [0.717, 1.165) is 0 Å². The zero-order valence-electron chi connectivity index (χ0n) is 14.9. The number of H-pyrrole nitrogens is 1. The van der Waals surface area contributed by atoms with Crippen LogP contribution in [0.15, 0.2) is 11.1 Å². The van der Waals surface area contributed by atoms with Crippen LogP contribution in [-0.2, 0) is 9.47 Å². The zero-order valence-corrected chi connectivity index (χ0v) is 14.9. The molecule has 0 radical (unpaired) electrons. The normalized spacial score (nSPS) is 25.0. The molecule has 1 fully saturated rings. The molecule has 0 bridgehead atoms. The van der Waals surface area contributed by atoms with Crippen molar-refractivity contribution >= 4 is 23.2 Å². The molecule has 1 saturated heterocycles. The summed E-state index contributed by atoms with van der Waals surface area (Å²) in [6.07, 6.45) is -3.96. The first-order chi connectivity index (χ1) is 12.9. The number of anilines is 1. The summed E-state index contributed by atoms with van der Waals surface area (Å²) in [7, 11) is 0. The van der Waals surface area contributed by atoms with Crippen LogP contribution in [0.5, 0.6) is 0 Å². The highest BCUT2D eigenvalue weighted by Gasteiger charge is 2.45. The quantitative estimate of drug-likeness (QED) is 0.496. The Hall–Kier alpha value is -2.70. The molecule has 148 valence electrons. The number of ether oxygens (including phenoxy) is 2. The number of aliphatic hydroxyl groups excluding tert-OH is 2. The summed E-state index contributed by atoms with van der Waals surface area (Å²) in [5.74, 6) is -0.119. The van der Waals surface area contributed by atoms with Crippen LogP contribution in [0.4, 0.5) is 10.7 Å². The lowest BCUT2D eigenvalue weighted by molar-refractivity contribution is -0.0560. The Kier molecular flexibility index (Phi) is 5.30. The van der Waals surface area contributed by atoms with Gasteiger partial charge in [-0.15, -0.1) is 0 Å². The number of nitrogens with zero attached hydrogens (tertiary/aromatic N) is 4. The molecule has 5 N–H and O–H groups in total. The van der Waals surface area contributed by atoms with E-state index in [0.29, 0.717) is 13.1 Å². The second-order valence-corrected chi connectivity index (χ2v) is 6.07. The molecule has 3 rings (SSSR count). The number of aromatic amines is 1. The van der Waals surface area contributed by atoms with Crippen molar-refractivity contribution in [2.75, 3.05) is 25.4 Å². The Morgan fingerprint density at radius 3 is 2.78 bits per heavy atom. The van der Waals surface area contributed by atoms with E-state index in [4.69, 9.17) is 15.2 Å². The molecule has 0 unspecified atom stereocenters. The van der Waals surface area contributed by atoms with Gasteiger partial charge in [-0.3, -0.25) is 14.3 Å². The molecular weight excluding hydrogens is 360 g/mol. The van der Waals surface area contributed by atoms with Gasteiger partial charge in [0.15, 0.2) is 17.4 Å². The van der Waals surface area contributed by atoms with Gasteiger partial charge in [-0.2, -0.15) is 4.98 Å². The van der Waals surface area contributed by atoms with E-state index >= 15 is 0 Å². The molecule has 0 saturated carbocycles. The minimum absolute atomic E-state index is 0.0194. The van der Waals surface area contributed by atoms with Crippen molar-refractivity contribution in [3.05, 3.63) is 16.7 Å². The van der Waals surface area contributed by atoms with E-state index < -0.39 is 36.2 Å². The van der Waals surface area contributed by atoms with Gasteiger partial charge in [-0.25, -0.2) is 9.78 Å². The summed E-state index contributed by atoms with van der Waals surface area (Å²) in [5, 5.41) is 20.6. The molecule has 2 aromatic rings. The second-order valence-electron chi connectivity index (χ2n) is 6.07. The fraction of sp³-hybridized carbons (Fsp3) is 0.600. The number of carbonyl (C=O) groups is 1. The molecule has 1 aliphatic rings. The molecular formula is C15H22N6O6. The highest BCUT2D eigenvalue weighted by atomic mass is 16.6. The third kappa shape index (κ3) is 3.46. The minimum Gasteiger partial charge on any atom is -0.447 e. The van der Waals surface area contributed by atoms with Crippen LogP contribution < -0.4 is 11.3 Å². The number of aromatic nitrogens is 4. The number of nitrogen functional groups attached to an aromatic ring is 1. The molecule has 12 heteroatoms. The predicted molar refractivity (Wildman–Crippen MR) is 92.8 cm³/mol. The zero-order chi connectivity index (χ0) is 19.7. The van der Waals surface area contributed by atoms with Crippen LogP contribution >= 0.6 is 0 Å². The molecule has 3 heterocycles. The van der Waals surface area contributed by atoms with Gasteiger partial charge in [-0.05, 0) is 13.8 Å². The number of fused-ring (bicyclic) bond motifs is 1. The van der Waals surface area contributed by atoms with Gasteiger partial charge in [0, 0.05) is 13.1 Å². The largest absolute Gasteiger partial charge is 0.447 e. The summed E-state index contributed by atoms with van der Waals surface area (Å²) < 4.78 is 12.1. The van der Waals surface area contributed by atoms with E-state index in [1.54, 1.807) is 0 Å². The lowest BCUT2D eigenvalue weighted by atomic mass is 10.1. The molecule has 1 aliphatic heterocycles. The number of carbonyl (C=O) groups excluding carboxylic acids is 1. The average molecular weight is 382 g/mol. The van der Waals surface area contributed by atoms with Crippen LogP contribution in [0.2, 0.25) is 0 Å². The Labute approximate surface area is 153 Å². The minimum atomic E-state index is -1.35. The maximum Gasteiger partial charge on any atom is 0.409 e. The van der Waals surface area contributed by atoms with Crippen LogP contribution in [0.1, 0.15) is 20.1 Å². The number of hydrogen-bond acceptors (Lipinski definition) is 9.